The number of rotatable bonds is 1. The minimum atomic E-state index is 0.201. The normalized spacial score (nSPS) is 18.7. The van der Waals surface area contributed by atoms with Crippen LogP contribution in [0.15, 0.2) is 29.3 Å². The first kappa shape index (κ1) is 12.5. The Morgan fingerprint density at radius 1 is 0.895 bits per heavy atom. The zero-order chi connectivity index (χ0) is 13.4. The van der Waals surface area contributed by atoms with E-state index in [9.17, 15) is 4.79 Å². The van der Waals surface area contributed by atoms with Gasteiger partial charge in [-0.15, -0.1) is 0 Å². The summed E-state index contributed by atoms with van der Waals surface area (Å²) in [7, 11) is 0. The second kappa shape index (κ2) is 4.84. The Balaban J connectivity index is 1.72. The highest BCUT2D eigenvalue weighted by atomic mass is 16.2. The van der Waals surface area contributed by atoms with Crippen molar-refractivity contribution >= 4 is 5.91 Å². The van der Waals surface area contributed by atoms with E-state index in [0.717, 1.165) is 31.5 Å². The Kier molecular flexibility index (Phi) is 3.17. The van der Waals surface area contributed by atoms with Crippen LogP contribution in [0.4, 0.5) is 0 Å². The zero-order valence-corrected chi connectivity index (χ0v) is 11.8. The molecule has 2 aliphatic rings. The quantitative estimate of drug-likeness (QED) is 0.702. The van der Waals surface area contributed by atoms with Gasteiger partial charge in [0.25, 0.3) is 5.91 Å². The van der Waals surface area contributed by atoms with Crippen molar-refractivity contribution in [3.8, 4) is 0 Å². The molecule has 2 nitrogen and oxygen atoms in total. The summed E-state index contributed by atoms with van der Waals surface area (Å²) in [5.41, 5.74) is 6.48. The number of benzene rings is 1. The highest BCUT2D eigenvalue weighted by molar-refractivity contribution is 5.94. The molecular weight excluding hydrogens is 234 g/mol. The molecular formula is C17H21NO. The maximum Gasteiger partial charge on any atom is 0.253 e. The van der Waals surface area contributed by atoms with E-state index < -0.39 is 0 Å². The first-order valence-corrected chi connectivity index (χ1v) is 7.21. The molecule has 1 aromatic carbocycles. The van der Waals surface area contributed by atoms with Gasteiger partial charge >= 0.3 is 0 Å². The summed E-state index contributed by atoms with van der Waals surface area (Å²) < 4.78 is 0. The maximum absolute atomic E-state index is 12.5. The van der Waals surface area contributed by atoms with Crippen molar-refractivity contribution in [3.05, 3.63) is 46.0 Å². The molecule has 1 aliphatic carbocycles. The van der Waals surface area contributed by atoms with Gasteiger partial charge in [-0.3, -0.25) is 4.79 Å². The topological polar surface area (TPSA) is 20.3 Å². The Morgan fingerprint density at radius 3 is 1.95 bits per heavy atom. The molecule has 100 valence electrons. The molecule has 0 radical (unpaired) electrons. The van der Waals surface area contributed by atoms with Crippen LogP contribution in [-0.4, -0.2) is 23.9 Å². The van der Waals surface area contributed by atoms with Crippen LogP contribution in [0.25, 0.3) is 0 Å². The Morgan fingerprint density at radius 2 is 1.42 bits per heavy atom. The van der Waals surface area contributed by atoms with Gasteiger partial charge in [0.2, 0.25) is 0 Å². The molecule has 1 heterocycles. The van der Waals surface area contributed by atoms with Gasteiger partial charge in [0.1, 0.15) is 0 Å². The van der Waals surface area contributed by atoms with E-state index in [4.69, 9.17) is 0 Å². The summed E-state index contributed by atoms with van der Waals surface area (Å²) >= 11 is 0. The number of carbonyl (C=O) groups is 1. The predicted octanol–water partition coefficient (Wildman–Crippen LogP) is 3.63. The van der Waals surface area contributed by atoms with Crippen LogP contribution in [0.2, 0.25) is 0 Å². The molecule has 1 aliphatic heterocycles. The fourth-order valence-electron chi connectivity index (χ4n) is 3.03. The van der Waals surface area contributed by atoms with Gasteiger partial charge < -0.3 is 4.90 Å². The minimum absolute atomic E-state index is 0.201. The van der Waals surface area contributed by atoms with Gasteiger partial charge in [-0.2, -0.15) is 0 Å². The van der Waals surface area contributed by atoms with E-state index in [1.165, 1.54) is 24.0 Å². The van der Waals surface area contributed by atoms with E-state index in [1.54, 1.807) is 11.1 Å². The molecule has 2 fully saturated rings. The standard InChI is InChI=1S/C17H21NO/c1-12-9-13(2)11-16(10-12)17(19)18-7-5-15(6-8-18)14-3-4-14/h9-11H,3-8H2,1-2H3. The van der Waals surface area contributed by atoms with E-state index in [0.29, 0.717) is 0 Å². The van der Waals surface area contributed by atoms with Gasteiger partial charge in [-0.1, -0.05) is 28.3 Å². The summed E-state index contributed by atoms with van der Waals surface area (Å²) in [5, 5.41) is 0. The first-order valence-electron chi connectivity index (χ1n) is 7.21. The second-order valence-corrected chi connectivity index (χ2v) is 5.88. The summed E-state index contributed by atoms with van der Waals surface area (Å²) in [5.74, 6) is 0.201. The molecule has 1 aromatic rings. The molecule has 0 atom stereocenters. The van der Waals surface area contributed by atoms with Crippen LogP contribution in [0.3, 0.4) is 0 Å². The number of likely N-dealkylation sites (tertiary alicyclic amines) is 1. The molecule has 3 rings (SSSR count). The van der Waals surface area contributed by atoms with Crippen molar-refractivity contribution in [2.75, 3.05) is 13.1 Å². The molecule has 2 heteroatoms. The van der Waals surface area contributed by atoms with Crippen LogP contribution < -0.4 is 0 Å². The summed E-state index contributed by atoms with van der Waals surface area (Å²) in [6.07, 6.45) is 4.79. The highest BCUT2D eigenvalue weighted by Gasteiger charge is 2.24. The van der Waals surface area contributed by atoms with Crippen LogP contribution in [0.5, 0.6) is 0 Å². The van der Waals surface area contributed by atoms with Crippen molar-refractivity contribution in [1.29, 1.82) is 0 Å². The summed E-state index contributed by atoms with van der Waals surface area (Å²) in [6, 6.07) is 6.12. The number of piperidine rings is 1. The molecule has 1 amide bonds. The van der Waals surface area contributed by atoms with Crippen LogP contribution >= 0.6 is 0 Å². The third-order valence-electron chi connectivity index (χ3n) is 4.12. The smallest absolute Gasteiger partial charge is 0.253 e. The van der Waals surface area contributed by atoms with Gasteiger partial charge in [-0.25, -0.2) is 0 Å². The van der Waals surface area contributed by atoms with E-state index in [-0.39, 0.29) is 5.91 Å². The average Bonchev–Trinajstić information content (AvgIpc) is 3.21. The lowest BCUT2D eigenvalue weighted by Gasteiger charge is -2.29. The molecule has 0 unspecified atom stereocenters. The number of carbonyl (C=O) groups excluding carboxylic acids is 1. The fourth-order valence-corrected chi connectivity index (χ4v) is 3.03. The summed E-state index contributed by atoms with van der Waals surface area (Å²) in [4.78, 5) is 14.5. The lowest BCUT2D eigenvalue weighted by Crippen LogP contribution is -2.36. The zero-order valence-electron chi connectivity index (χ0n) is 11.8. The maximum atomic E-state index is 12.5. The number of amides is 1. The molecule has 19 heavy (non-hydrogen) atoms. The van der Waals surface area contributed by atoms with Crippen LogP contribution in [0.1, 0.15) is 47.2 Å². The number of hydrogen-bond donors (Lipinski definition) is 0. The third-order valence-corrected chi connectivity index (χ3v) is 4.12. The summed E-state index contributed by atoms with van der Waals surface area (Å²) in [6.45, 7) is 5.89. The predicted molar refractivity (Wildman–Crippen MR) is 77.3 cm³/mol. The van der Waals surface area contributed by atoms with E-state index in [2.05, 4.69) is 19.9 Å². The Bertz CT molecular complexity index is 520. The minimum Gasteiger partial charge on any atom is -0.338 e. The van der Waals surface area contributed by atoms with Crippen molar-refractivity contribution in [2.24, 2.45) is 0 Å². The van der Waals surface area contributed by atoms with Gasteiger partial charge in [0.15, 0.2) is 0 Å². The van der Waals surface area contributed by atoms with Crippen molar-refractivity contribution in [2.45, 2.75) is 39.5 Å². The van der Waals surface area contributed by atoms with Crippen LogP contribution in [0, 0.1) is 13.8 Å². The van der Waals surface area contributed by atoms with Crippen molar-refractivity contribution in [3.63, 3.8) is 0 Å². The highest BCUT2D eigenvalue weighted by Crippen LogP contribution is 2.36. The monoisotopic (exact) mass is 255 g/mol. The van der Waals surface area contributed by atoms with Gasteiger partial charge in [0.05, 0.1) is 0 Å². The molecule has 1 saturated heterocycles. The second-order valence-electron chi connectivity index (χ2n) is 5.88. The molecule has 0 aromatic heterocycles. The number of allylic oxidation sites excluding steroid dienone is 1. The SMILES string of the molecule is Cc1cc(C)cc(C(=O)N2CCC(=C3CC3)CC2)c1. The number of aryl methyl sites for hydroxylation is 2. The fraction of sp³-hybridized carbons (Fsp3) is 0.471. The van der Waals surface area contributed by atoms with Gasteiger partial charge in [0, 0.05) is 18.7 Å². The Labute approximate surface area is 115 Å². The lowest BCUT2D eigenvalue weighted by molar-refractivity contribution is 0.0743. The average molecular weight is 255 g/mol. The molecule has 0 N–H and O–H groups in total. The lowest BCUT2D eigenvalue weighted by atomic mass is 10.0. The largest absolute Gasteiger partial charge is 0.338 e. The van der Waals surface area contributed by atoms with Crippen molar-refractivity contribution in [1.82, 2.24) is 4.90 Å². The first-order chi connectivity index (χ1) is 9.13. The van der Waals surface area contributed by atoms with Gasteiger partial charge in [-0.05, 0) is 51.7 Å². The number of nitrogens with zero attached hydrogens (tertiary/aromatic N) is 1. The van der Waals surface area contributed by atoms with E-state index in [1.807, 2.05) is 17.0 Å². The van der Waals surface area contributed by atoms with Crippen LogP contribution in [-0.2, 0) is 0 Å². The molecule has 1 saturated carbocycles. The number of hydrogen-bond acceptors (Lipinski definition) is 1. The van der Waals surface area contributed by atoms with Crippen molar-refractivity contribution < 1.29 is 4.79 Å². The van der Waals surface area contributed by atoms with E-state index >= 15 is 0 Å². The third kappa shape index (κ3) is 2.73. The Hall–Kier alpha value is -1.57. The molecule has 0 bridgehead atoms. The molecule has 0 spiro atoms.